The Bertz CT molecular complexity index is 397. The summed E-state index contributed by atoms with van der Waals surface area (Å²) in [5.41, 5.74) is 1.51. The molecule has 0 amide bonds. The van der Waals surface area contributed by atoms with Crippen molar-refractivity contribution < 1.29 is 4.74 Å². The normalized spacial score (nSPS) is 19.6. The number of likely N-dealkylation sites (N-methyl/N-ethyl adjacent to an activating group) is 1. The van der Waals surface area contributed by atoms with E-state index < -0.39 is 0 Å². The van der Waals surface area contributed by atoms with E-state index in [0.717, 1.165) is 32.8 Å². The van der Waals surface area contributed by atoms with Crippen molar-refractivity contribution in [3.8, 4) is 0 Å². The number of nitrogens with one attached hydrogen (secondary N) is 1. The highest BCUT2D eigenvalue weighted by molar-refractivity contribution is 7.10. The molecular weight excluding hydrogens is 256 g/mol. The number of thiophene rings is 1. The van der Waals surface area contributed by atoms with Crippen LogP contribution >= 0.6 is 11.3 Å². The highest BCUT2D eigenvalue weighted by atomic mass is 32.1. The third-order valence-electron chi connectivity index (χ3n) is 4.10. The minimum Gasteiger partial charge on any atom is -0.379 e. The molecule has 1 N–H and O–H groups in total. The number of morpholine rings is 1. The summed E-state index contributed by atoms with van der Waals surface area (Å²) in [6.45, 7) is 13.9. The standard InChI is InChI=1S/C15H26N2OS/c1-5-16-14(13-12(2)6-11-19-13)15(3,4)17-7-9-18-10-8-17/h6,11,14,16H,5,7-10H2,1-4H3. The van der Waals surface area contributed by atoms with E-state index in [4.69, 9.17) is 4.74 Å². The lowest BCUT2D eigenvalue weighted by Gasteiger charge is -2.46. The average molecular weight is 282 g/mol. The van der Waals surface area contributed by atoms with Gasteiger partial charge in [-0.15, -0.1) is 11.3 Å². The van der Waals surface area contributed by atoms with Gasteiger partial charge in [-0.25, -0.2) is 0 Å². The number of hydrogen-bond donors (Lipinski definition) is 1. The SMILES string of the molecule is CCNC(c1sccc1C)C(C)(C)N1CCOCC1. The van der Waals surface area contributed by atoms with Gasteiger partial charge in [0.15, 0.2) is 0 Å². The molecule has 1 aliphatic heterocycles. The largest absolute Gasteiger partial charge is 0.379 e. The third kappa shape index (κ3) is 3.19. The van der Waals surface area contributed by atoms with Crippen molar-refractivity contribution in [2.24, 2.45) is 0 Å². The zero-order valence-corrected chi connectivity index (χ0v) is 13.3. The van der Waals surface area contributed by atoms with Crippen molar-refractivity contribution in [3.05, 3.63) is 21.9 Å². The Hall–Kier alpha value is -0.420. The molecule has 3 nitrogen and oxygen atoms in total. The summed E-state index contributed by atoms with van der Waals surface area (Å²) in [7, 11) is 0. The molecule has 0 radical (unpaired) electrons. The van der Waals surface area contributed by atoms with Crippen LogP contribution in [0.4, 0.5) is 0 Å². The van der Waals surface area contributed by atoms with Gasteiger partial charge in [0.2, 0.25) is 0 Å². The van der Waals surface area contributed by atoms with Crippen molar-refractivity contribution in [3.63, 3.8) is 0 Å². The first-order valence-corrected chi connectivity index (χ1v) is 8.05. The molecule has 2 heterocycles. The first-order valence-electron chi connectivity index (χ1n) is 7.17. The van der Waals surface area contributed by atoms with E-state index in [1.165, 1.54) is 10.4 Å². The van der Waals surface area contributed by atoms with E-state index in [9.17, 15) is 0 Å². The van der Waals surface area contributed by atoms with Gasteiger partial charge in [0.25, 0.3) is 0 Å². The fourth-order valence-electron chi connectivity index (χ4n) is 2.87. The highest BCUT2D eigenvalue weighted by Crippen LogP contribution is 2.36. The number of rotatable bonds is 5. The maximum Gasteiger partial charge on any atom is 0.0599 e. The van der Waals surface area contributed by atoms with Crippen LogP contribution in [0.25, 0.3) is 0 Å². The topological polar surface area (TPSA) is 24.5 Å². The van der Waals surface area contributed by atoms with E-state index in [0.29, 0.717) is 6.04 Å². The van der Waals surface area contributed by atoms with Gasteiger partial charge in [0.05, 0.1) is 19.3 Å². The van der Waals surface area contributed by atoms with E-state index in [1.807, 2.05) is 11.3 Å². The molecule has 1 saturated heterocycles. The van der Waals surface area contributed by atoms with Crippen LogP contribution in [-0.2, 0) is 4.74 Å². The van der Waals surface area contributed by atoms with Crippen molar-refractivity contribution in [2.45, 2.75) is 39.3 Å². The summed E-state index contributed by atoms with van der Waals surface area (Å²) >= 11 is 1.87. The molecule has 19 heavy (non-hydrogen) atoms. The zero-order valence-electron chi connectivity index (χ0n) is 12.5. The summed E-state index contributed by atoms with van der Waals surface area (Å²) in [6, 6.07) is 2.61. The third-order valence-corrected chi connectivity index (χ3v) is 5.19. The van der Waals surface area contributed by atoms with Crippen molar-refractivity contribution in [2.75, 3.05) is 32.8 Å². The molecule has 1 unspecified atom stereocenters. The lowest BCUT2D eigenvalue weighted by atomic mass is 9.89. The molecule has 1 fully saturated rings. The molecule has 0 spiro atoms. The molecular formula is C15H26N2OS. The van der Waals surface area contributed by atoms with E-state index in [-0.39, 0.29) is 5.54 Å². The Balaban J connectivity index is 2.24. The van der Waals surface area contributed by atoms with Gasteiger partial charge in [-0.05, 0) is 44.3 Å². The Kier molecular flexibility index (Phi) is 5.01. The predicted molar refractivity (Wildman–Crippen MR) is 81.9 cm³/mol. The van der Waals surface area contributed by atoms with Crippen LogP contribution in [0.3, 0.4) is 0 Å². The maximum absolute atomic E-state index is 5.49. The summed E-state index contributed by atoms with van der Waals surface area (Å²) in [5.74, 6) is 0. The Morgan fingerprint density at radius 1 is 1.42 bits per heavy atom. The Morgan fingerprint density at radius 2 is 2.11 bits per heavy atom. The summed E-state index contributed by atoms with van der Waals surface area (Å²) in [6.07, 6.45) is 0. The molecule has 0 aliphatic carbocycles. The van der Waals surface area contributed by atoms with Gasteiger partial charge in [-0.3, -0.25) is 4.90 Å². The van der Waals surface area contributed by atoms with Crippen molar-refractivity contribution in [1.29, 1.82) is 0 Å². The molecule has 1 atom stereocenters. The molecule has 2 rings (SSSR count). The van der Waals surface area contributed by atoms with Crippen LogP contribution in [0, 0.1) is 6.92 Å². The van der Waals surface area contributed by atoms with Crippen LogP contribution in [0.2, 0.25) is 0 Å². The molecule has 0 aromatic carbocycles. The van der Waals surface area contributed by atoms with Crippen molar-refractivity contribution in [1.82, 2.24) is 10.2 Å². The quantitative estimate of drug-likeness (QED) is 0.899. The fraction of sp³-hybridized carbons (Fsp3) is 0.733. The summed E-state index contributed by atoms with van der Waals surface area (Å²) < 4.78 is 5.49. The Labute approximate surface area is 121 Å². The molecule has 0 bridgehead atoms. The minimum absolute atomic E-state index is 0.107. The molecule has 108 valence electrons. The number of hydrogen-bond acceptors (Lipinski definition) is 4. The first-order chi connectivity index (χ1) is 9.07. The Morgan fingerprint density at radius 3 is 2.63 bits per heavy atom. The monoisotopic (exact) mass is 282 g/mol. The zero-order chi connectivity index (χ0) is 13.9. The van der Waals surface area contributed by atoms with E-state index in [2.05, 4.69) is 49.4 Å². The maximum atomic E-state index is 5.49. The van der Waals surface area contributed by atoms with Crippen LogP contribution in [0.15, 0.2) is 11.4 Å². The van der Waals surface area contributed by atoms with Crippen LogP contribution in [-0.4, -0.2) is 43.3 Å². The smallest absolute Gasteiger partial charge is 0.0599 e. The fourth-order valence-corrected chi connectivity index (χ4v) is 4.05. The van der Waals surface area contributed by atoms with Gasteiger partial charge >= 0.3 is 0 Å². The highest BCUT2D eigenvalue weighted by Gasteiger charge is 2.37. The molecule has 4 heteroatoms. The second-order valence-electron chi connectivity index (χ2n) is 5.71. The lowest BCUT2D eigenvalue weighted by Crippen LogP contribution is -2.56. The molecule has 0 saturated carbocycles. The number of nitrogens with zero attached hydrogens (tertiary/aromatic N) is 1. The minimum atomic E-state index is 0.107. The van der Waals surface area contributed by atoms with Gasteiger partial charge in [0.1, 0.15) is 0 Å². The van der Waals surface area contributed by atoms with Gasteiger partial charge in [-0.1, -0.05) is 6.92 Å². The number of ether oxygens (including phenoxy) is 1. The van der Waals surface area contributed by atoms with Crippen LogP contribution < -0.4 is 5.32 Å². The molecule has 1 aliphatic rings. The first kappa shape index (κ1) is 15.0. The van der Waals surface area contributed by atoms with Crippen molar-refractivity contribution >= 4 is 11.3 Å². The average Bonchev–Trinajstić information content (AvgIpc) is 2.83. The van der Waals surface area contributed by atoms with Gasteiger partial charge in [-0.2, -0.15) is 0 Å². The molecule has 1 aromatic heterocycles. The predicted octanol–water partition coefficient (Wildman–Crippen LogP) is 2.82. The van der Waals surface area contributed by atoms with Crippen LogP contribution in [0.1, 0.15) is 37.3 Å². The summed E-state index contributed by atoms with van der Waals surface area (Å²) in [4.78, 5) is 4.03. The number of aryl methyl sites for hydroxylation is 1. The van der Waals surface area contributed by atoms with Gasteiger partial charge in [0, 0.05) is 23.5 Å². The van der Waals surface area contributed by atoms with E-state index in [1.54, 1.807) is 0 Å². The second kappa shape index (κ2) is 6.35. The lowest BCUT2D eigenvalue weighted by molar-refractivity contribution is -0.0232. The molecule has 1 aromatic rings. The summed E-state index contributed by atoms with van der Waals surface area (Å²) in [5, 5.41) is 5.89. The van der Waals surface area contributed by atoms with E-state index >= 15 is 0 Å². The second-order valence-corrected chi connectivity index (χ2v) is 6.66. The van der Waals surface area contributed by atoms with Gasteiger partial charge < -0.3 is 10.1 Å². The van der Waals surface area contributed by atoms with Crippen LogP contribution in [0.5, 0.6) is 0 Å².